The van der Waals surface area contributed by atoms with Crippen molar-refractivity contribution < 1.29 is 42.9 Å². The van der Waals surface area contributed by atoms with E-state index in [0.717, 1.165) is 56.7 Å². The average molecular weight is 963 g/mol. The Morgan fingerprint density at radius 1 is 0.926 bits per heavy atom. The minimum absolute atomic E-state index is 0.0260. The average Bonchev–Trinajstić information content (AvgIpc) is 3.86. The molecule has 2 amide bonds. The summed E-state index contributed by atoms with van der Waals surface area (Å²) in [6.07, 6.45) is 0.301. The first-order valence-electron chi connectivity index (χ1n) is 23.0. The number of fused-ring (bicyclic) bond motifs is 8. The van der Waals surface area contributed by atoms with Crippen LogP contribution in [0.15, 0.2) is 71.5 Å². The van der Waals surface area contributed by atoms with Crippen LogP contribution in [-0.4, -0.2) is 80.1 Å². The summed E-state index contributed by atoms with van der Waals surface area (Å²) >= 11 is 3.35. The molecule has 0 spiro atoms. The van der Waals surface area contributed by atoms with Crippen molar-refractivity contribution in [3.05, 3.63) is 122 Å². The van der Waals surface area contributed by atoms with Crippen LogP contribution in [0.1, 0.15) is 98.2 Å². The maximum atomic E-state index is 14.9. The summed E-state index contributed by atoms with van der Waals surface area (Å²) in [5.74, 6) is -0.152. The third-order valence-electron chi connectivity index (χ3n) is 13.4. The van der Waals surface area contributed by atoms with Gasteiger partial charge in [0.15, 0.2) is 17.2 Å². The minimum atomic E-state index is -1.95. The van der Waals surface area contributed by atoms with E-state index in [4.69, 9.17) is 14.5 Å². The van der Waals surface area contributed by atoms with Gasteiger partial charge in [0.2, 0.25) is 5.91 Å². The molecule has 2 aromatic heterocycles. The molecule has 4 atom stereocenters. The van der Waals surface area contributed by atoms with Crippen LogP contribution in [-0.2, 0) is 53.2 Å². The van der Waals surface area contributed by atoms with Gasteiger partial charge in [-0.15, -0.1) is 0 Å². The predicted molar refractivity (Wildman–Crippen MR) is 261 cm³/mol. The molecule has 0 saturated carbocycles. The lowest BCUT2D eigenvalue weighted by Gasteiger charge is -2.31. The van der Waals surface area contributed by atoms with E-state index in [0.29, 0.717) is 34.0 Å². The van der Waals surface area contributed by atoms with E-state index in [1.807, 2.05) is 36.4 Å². The fraction of sp³-hybridized carbons (Fsp3) is 0.404. The van der Waals surface area contributed by atoms with Gasteiger partial charge in [-0.1, -0.05) is 62.4 Å². The number of amides is 2. The number of nitrogens with one attached hydrogen (secondary N) is 2. The van der Waals surface area contributed by atoms with Crippen LogP contribution in [0.3, 0.4) is 0 Å². The lowest BCUT2D eigenvalue weighted by molar-refractivity contribution is -0.172. The molecule has 0 radical (unpaired) electrons. The summed E-state index contributed by atoms with van der Waals surface area (Å²) < 4.78 is 27.3. The molecule has 3 aliphatic rings. The van der Waals surface area contributed by atoms with E-state index in [2.05, 4.69) is 22.8 Å². The Bertz CT molecular complexity index is 2860. The SMILES string of the molecule is CC[C@@]1(O)C(=O)OCc2c1cc1n(c2=O)Cc2c-1nc1cc(F)c(C)cc1c2CSCCCSCCC(=O)[C@@H](C)NC(=O)[C@@H](C)CC(=O)[C@@H](C)NC(=O)OCC1c2ccccc2-c2ccccc21. The molecule has 4 heterocycles. The molecular formula is C52H55FN4O9S2. The van der Waals surface area contributed by atoms with Gasteiger partial charge in [0.05, 0.1) is 41.1 Å². The Hall–Kier alpha value is -5.84. The number of carbonyl (C=O) groups is 5. The highest BCUT2D eigenvalue weighted by atomic mass is 32.2. The number of ketones is 2. The Kier molecular flexibility index (Phi) is 14.6. The number of nitrogens with zero attached hydrogens (tertiary/aromatic N) is 2. The number of cyclic esters (lactones) is 1. The normalized spacial score (nSPS) is 17.0. The van der Waals surface area contributed by atoms with E-state index in [1.54, 1.807) is 74.8 Å². The topological polar surface area (TPSA) is 183 Å². The number of carbonyl (C=O) groups excluding carboxylic acids is 5. The number of aliphatic hydroxyl groups is 1. The van der Waals surface area contributed by atoms with Crippen molar-refractivity contribution in [1.29, 1.82) is 0 Å². The summed E-state index contributed by atoms with van der Waals surface area (Å²) in [5.41, 5.74) is 6.25. The number of Topliss-reactive ketones (excluding diaryl/α,β-unsaturated/α-hetero) is 2. The minimum Gasteiger partial charge on any atom is -0.458 e. The third-order valence-corrected chi connectivity index (χ3v) is 15.5. The van der Waals surface area contributed by atoms with E-state index in [9.17, 15) is 38.3 Å². The van der Waals surface area contributed by atoms with E-state index in [1.165, 1.54) is 6.07 Å². The zero-order valence-electron chi connectivity index (χ0n) is 38.7. The van der Waals surface area contributed by atoms with Crippen molar-refractivity contribution in [2.75, 3.05) is 23.9 Å². The second-order valence-electron chi connectivity index (χ2n) is 17.9. The Morgan fingerprint density at radius 3 is 2.31 bits per heavy atom. The Morgan fingerprint density at radius 2 is 1.60 bits per heavy atom. The number of hydrogen-bond donors (Lipinski definition) is 3. The number of pyridine rings is 2. The summed E-state index contributed by atoms with van der Waals surface area (Å²) in [4.78, 5) is 83.1. The van der Waals surface area contributed by atoms with Crippen LogP contribution < -0.4 is 16.2 Å². The molecule has 0 unspecified atom stereocenters. The van der Waals surface area contributed by atoms with Gasteiger partial charge in [0.25, 0.3) is 5.56 Å². The highest BCUT2D eigenvalue weighted by molar-refractivity contribution is 7.99. The number of ether oxygens (including phenoxy) is 2. The molecule has 0 saturated heterocycles. The number of hydrogen-bond acceptors (Lipinski definition) is 12. The standard InChI is InChI=1S/C52H55FN4O9S2/c1-6-52(64)41-22-44-47-37(24-57(44)49(61)39(41)26-65-50(52)62)40(36-20-28(2)42(53)23-43(36)56-47)27-68-18-11-17-67-19-16-45(58)30(4)54-48(60)29(3)21-46(59)31(5)55-51(63)66-25-38-34-14-9-7-12-32(34)33-13-8-10-15-35(33)38/h7-10,12-15,20,22-23,29-31,38,64H,6,11,16-19,21,24-27H2,1-5H3,(H,54,60)(H,55,63)/t29-,30+,31+,52-/m0/s1. The molecule has 1 aliphatic carbocycles. The van der Waals surface area contributed by atoms with Crippen molar-refractivity contribution in [2.24, 2.45) is 5.92 Å². The number of aryl methyl sites for hydroxylation is 1. The van der Waals surface area contributed by atoms with Crippen molar-refractivity contribution in [3.63, 3.8) is 0 Å². The van der Waals surface area contributed by atoms with Crippen molar-refractivity contribution in [2.45, 2.75) is 103 Å². The van der Waals surface area contributed by atoms with Gasteiger partial charge in [-0.25, -0.2) is 19.0 Å². The maximum Gasteiger partial charge on any atom is 0.407 e. The van der Waals surface area contributed by atoms with E-state index in [-0.39, 0.29) is 73.2 Å². The molecule has 0 fully saturated rings. The highest BCUT2D eigenvalue weighted by Gasteiger charge is 2.45. The van der Waals surface area contributed by atoms with Gasteiger partial charge in [-0.3, -0.25) is 19.2 Å². The lowest BCUT2D eigenvalue weighted by Crippen LogP contribution is -2.44. The molecular weight excluding hydrogens is 908 g/mol. The van der Waals surface area contributed by atoms with Crippen LogP contribution in [0.5, 0.6) is 0 Å². The second-order valence-corrected chi connectivity index (χ2v) is 20.2. The van der Waals surface area contributed by atoms with Crippen molar-refractivity contribution in [1.82, 2.24) is 20.2 Å². The van der Waals surface area contributed by atoms with E-state index < -0.39 is 47.4 Å². The summed E-state index contributed by atoms with van der Waals surface area (Å²) in [6, 6.07) is 19.3. The largest absolute Gasteiger partial charge is 0.458 e. The molecule has 13 nitrogen and oxygen atoms in total. The van der Waals surface area contributed by atoms with Crippen LogP contribution >= 0.6 is 23.5 Å². The fourth-order valence-electron chi connectivity index (χ4n) is 9.29. The van der Waals surface area contributed by atoms with Gasteiger partial charge < -0.3 is 29.8 Å². The molecule has 16 heteroatoms. The van der Waals surface area contributed by atoms with Crippen LogP contribution in [0.25, 0.3) is 33.4 Å². The quantitative estimate of drug-likeness (QED) is 0.0529. The zero-order chi connectivity index (χ0) is 48.4. The number of esters is 1. The van der Waals surface area contributed by atoms with Gasteiger partial charge in [0.1, 0.15) is 19.0 Å². The smallest absolute Gasteiger partial charge is 0.407 e. The van der Waals surface area contributed by atoms with E-state index >= 15 is 0 Å². The van der Waals surface area contributed by atoms with Crippen LogP contribution in [0.4, 0.5) is 9.18 Å². The van der Waals surface area contributed by atoms with Gasteiger partial charge in [-0.05, 0) is 90.6 Å². The second kappa shape index (κ2) is 20.4. The first-order valence-corrected chi connectivity index (χ1v) is 25.3. The van der Waals surface area contributed by atoms with Gasteiger partial charge >= 0.3 is 12.1 Å². The fourth-order valence-corrected chi connectivity index (χ4v) is 11.4. The summed E-state index contributed by atoms with van der Waals surface area (Å²) in [5, 5.41) is 17.4. The van der Waals surface area contributed by atoms with Gasteiger partial charge in [-0.2, -0.15) is 23.5 Å². The van der Waals surface area contributed by atoms with Crippen molar-refractivity contribution >= 4 is 64.0 Å². The number of thioether (sulfide) groups is 2. The molecule has 356 valence electrons. The Balaban J connectivity index is 0.765. The van der Waals surface area contributed by atoms with Gasteiger partial charge in [0, 0.05) is 58.8 Å². The predicted octanol–water partition coefficient (Wildman–Crippen LogP) is 7.87. The number of aromatic nitrogens is 2. The molecule has 0 bridgehead atoms. The molecule has 68 heavy (non-hydrogen) atoms. The Labute approximate surface area is 402 Å². The first kappa shape index (κ1) is 48.6. The molecule has 5 aromatic rings. The lowest BCUT2D eigenvalue weighted by atomic mass is 9.86. The van der Waals surface area contributed by atoms with Crippen LogP contribution in [0.2, 0.25) is 0 Å². The highest BCUT2D eigenvalue weighted by Crippen LogP contribution is 2.45. The third kappa shape index (κ3) is 9.59. The summed E-state index contributed by atoms with van der Waals surface area (Å²) in [7, 11) is 0. The first-order chi connectivity index (χ1) is 32.6. The number of rotatable bonds is 19. The molecule has 3 N–H and O–H groups in total. The molecule has 2 aliphatic heterocycles. The van der Waals surface area contributed by atoms with Crippen molar-refractivity contribution in [3.8, 4) is 22.5 Å². The number of benzene rings is 3. The zero-order valence-corrected chi connectivity index (χ0v) is 40.4. The maximum absolute atomic E-state index is 14.9. The summed E-state index contributed by atoms with van der Waals surface area (Å²) in [6.45, 7) is 8.29. The monoisotopic (exact) mass is 962 g/mol. The van der Waals surface area contributed by atoms with Crippen LogP contribution in [0, 0.1) is 18.7 Å². The molecule has 8 rings (SSSR count). The molecule has 3 aromatic carbocycles. The number of alkyl carbamates (subject to hydrolysis) is 1. The number of halogens is 1.